The molecule has 1 unspecified atom stereocenters. The molecule has 1 atom stereocenters. The maximum absolute atomic E-state index is 13.2. The second-order valence-electron chi connectivity index (χ2n) is 8.27. The van der Waals surface area contributed by atoms with E-state index in [1.54, 1.807) is 35.8 Å². The molecule has 1 fully saturated rings. The van der Waals surface area contributed by atoms with Crippen LogP contribution in [-0.4, -0.2) is 21.8 Å². The zero-order valence-corrected chi connectivity index (χ0v) is 22.2. The van der Waals surface area contributed by atoms with Crippen LogP contribution in [0.1, 0.15) is 28.3 Å². The zero-order chi connectivity index (χ0) is 25.2. The van der Waals surface area contributed by atoms with Crippen molar-refractivity contribution in [3.63, 3.8) is 0 Å². The quantitative estimate of drug-likeness (QED) is 0.121. The number of benzene rings is 3. The van der Waals surface area contributed by atoms with Crippen LogP contribution >= 0.6 is 33.9 Å². The van der Waals surface area contributed by atoms with Crippen molar-refractivity contribution in [2.45, 2.75) is 19.6 Å². The van der Waals surface area contributed by atoms with E-state index in [0.717, 1.165) is 14.7 Å². The van der Waals surface area contributed by atoms with Gasteiger partial charge in [-0.25, -0.2) is 4.98 Å². The van der Waals surface area contributed by atoms with Crippen LogP contribution in [0.2, 0.25) is 0 Å². The number of hydrogen-bond acceptors (Lipinski definition) is 6. The first-order valence-corrected chi connectivity index (χ1v) is 13.1. The molecule has 8 heteroatoms. The minimum Gasteiger partial charge on any atom is -0.507 e. The maximum atomic E-state index is 13.2. The topological polar surface area (TPSA) is 79.7 Å². The Kier molecular flexibility index (Phi) is 6.88. The predicted molar refractivity (Wildman–Crippen MR) is 148 cm³/mol. The number of ketones is 1. The minimum absolute atomic E-state index is 0.0324. The molecule has 0 radical (unpaired) electrons. The third kappa shape index (κ3) is 4.66. The number of aryl methyl sites for hydroxylation is 1. The molecule has 1 aliphatic heterocycles. The van der Waals surface area contributed by atoms with E-state index < -0.39 is 17.7 Å². The average Bonchev–Trinajstić information content (AvgIpc) is 3.51. The van der Waals surface area contributed by atoms with Crippen LogP contribution < -0.4 is 9.64 Å². The lowest BCUT2D eigenvalue weighted by molar-refractivity contribution is -0.132. The van der Waals surface area contributed by atoms with Crippen LogP contribution in [0.15, 0.2) is 89.9 Å². The van der Waals surface area contributed by atoms with Crippen molar-refractivity contribution in [2.75, 3.05) is 4.90 Å². The van der Waals surface area contributed by atoms with Crippen molar-refractivity contribution < 1.29 is 19.4 Å². The summed E-state index contributed by atoms with van der Waals surface area (Å²) in [6, 6.07) is 21.6. The van der Waals surface area contributed by atoms with Gasteiger partial charge < -0.3 is 9.84 Å². The Hall–Kier alpha value is -3.50. The van der Waals surface area contributed by atoms with Crippen molar-refractivity contribution in [1.82, 2.24) is 4.98 Å². The molecule has 0 bridgehead atoms. The van der Waals surface area contributed by atoms with Crippen LogP contribution in [0, 0.1) is 10.5 Å². The number of aliphatic hydroxyl groups is 1. The molecule has 4 aromatic rings. The second-order valence-corrected chi connectivity index (χ2v) is 10.4. The Morgan fingerprint density at radius 3 is 2.44 bits per heavy atom. The first-order valence-electron chi connectivity index (χ1n) is 11.2. The Labute approximate surface area is 226 Å². The first-order chi connectivity index (χ1) is 17.4. The van der Waals surface area contributed by atoms with E-state index in [1.807, 2.05) is 55.5 Å². The number of carbonyl (C=O) groups is 2. The van der Waals surface area contributed by atoms with Crippen molar-refractivity contribution in [3.8, 4) is 5.75 Å². The summed E-state index contributed by atoms with van der Waals surface area (Å²) in [5, 5.41) is 13.4. The normalized spacial score (nSPS) is 16.9. The van der Waals surface area contributed by atoms with Crippen LogP contribution in [0.4, 0.5) is 5.13 Å². The summed E-state index contributed by atoms with van der Waals surface area (Å²) < 4.78 is 6.92. The number of thiazole rings is 1. The number of amides is 1. The average molecular weight is 608 g/mol. The van der Waals surface area contributed by atoms with Crippen LogP contribution in [-0.2, 0) is 16.2 Å². The molecule has 1 N–H and O–H groups in total. The molecule has 1 amide bonds. The number of hydrogen-bond donors (Lipinski definition) is 1. The van der Waals surface area contributed by atoms with Gasteiger partial charge in [0.15, 0.2) is 5.13 Å². The van der Waals surface area contributed by atoms with E-state index >= 15 is 0 Å². The molecule has 36 heavy (non-hydrogen) atoms. The van der Waals surface area contributed by atoms with Gasteiger partial charge in [-0.1, -0.05) is 36.4 Å². The zero-order valence-electron chi connectivity index (χ0n) is 19.2. The summed E-state index contributed by atoms with van der Waals surface area (Å²) >= 11 is 3.46. The molecular formula is C28H21IN2O4S. The monoisotopic (exact) mass is 608 g/mol. The van der Waals surface area contributed by atoms with Crippen molar-refractivity contribution in [3.05, 3.63) is 116 Å². The smallest absolute Gasteiger partial charge is 0.301 e. The molecular weight excluding hydrogens is 587 g/mol. The third-order valence-corrected chi connectivity index (χ3v) is 7.53. The highest BCUT2D eigenvalue weighted by Gasteiger charge is 2.47. The minimum atomic E-state index is -0.787. The number of carbonyl (C=O) groups excluding carboxylic acids is 2. The largest absolute Gasteiger partial charge is 0.507 e. The van der Waals surface area contributed by atoms with Gasteiger partial charge in [-0.2, -0.15) is 0 Å². The van der Waals surface area contributed by atoms with Gasteiger partial charge in [0.05, 0.1) is 11.6 Å². The second kappa shape index (κ2) is 10.2. The molecule has 1 aliphatic rings. The molecule has 0 saturated carbocycles. The molecule has 1 aromatic heterocycles. The Bertz CT molecular complexity index is 1450. The van der Waals surface area contributed by atoms with E-state index in [4.69, 9.17) is 4.74 Å². The number of Topliss-reactive ketones (excluding diaryl/α,β-unsaturated/α-hetero) is 1. The number of aliphatic hydroxyl groups excluding tert-OH is 1. The van der Waals surface area contributed by atoms with Gasteiger partial charge in [-0.3, -0.25) is 14.5 Å². The standard InChI is InChI=1S/C28H21IN2O4S/c1-17-4-2-3-5-20(17)16-35-22-12-8-19(9-13-22)25(32)23-24(18-6-10-21(29)11-7-18)31(27(34)26(23)33)28-30-14-15-36-28/h2-15,24,32H,16H2,1H3/b25-23+. The van der Waals surface area contributed by atoms with Gasteiger partial charge in [-0.05, 0) is 82.6 Å². The van der Waals surface area contributed by atoms with E-state index in [1.165, 1.54) is 16.2 Å². The van der Waals surface area contributed by atoms with E-state index in [0.29, 0.717) is 28.6 Å². The lowest BCUT2D eigenvalue weighted by atomic mass is 9.95. The van der Waals surface area contributed by atoms with Crippen LogP contribution in [0.25, 0.3) is 5.76 Å². The van der Waals surface area contributed by atoms with E-state index in [9.17, 15) is 14.7 Å². The molecule has 5 rings (SSSR count). The number of nitrogens with zero attached hydrogens (tertiary/aromatic N) is 2. The number of anilines is 1. The molecule has 0 aliphatic carbocycles. The predicted octanol–water partition coefficient (Wildman–Crippen LogP) is 6.26. The van der Waals surface area contributed by atoms with Gasteiger partial charge >= 0.3 is 5.91 Å². The summed E-state index contributed by atoms with van der Waals surface area (Å²) in [6.07, 6.45) is 1.58. The summed E-state index contributed by atoms with van der Waals surface area (Å²) in [7, 11) is 0. The molecule has 2 heterocycles. The highest BCUT2D eigenvalue weighted by Crippen LogP contribution is 2.42. The van der Waals surface area contributed by atoms with Crippen LogP contribution in [0.5, 0.6) is 5.75 Å². The Balaban J connectivity index is 1.49. The van der Waals surface area contributed by atoms with E-state index in [-0.39, 0.29) is 11.3 Å². The number of aromatic nitrogens is 1. The van der Waals surface area contributed by atoms with Crippen molar-refractivity contribution in [2.24, 2.45) is 0 Å². The van der Waals surface area contributed by atoms with Gasteiger partial charge in [0.25, 0.3) is 5.78 Å². The third-order valence-electron chi connectivity index (χ3n) is 6.04. The number of rotatable bonds is 6. The Morgan fingerprint density at radius 2 is 1.78 bits per heavy atom. The van der Waals surface area contributed by atoms with Gasteiger partial charge in [0, 0.05) is 20.7 Å². The lowest BCUT2D eigenvalue weighted by Gasteiger charge is -2.23. The first kappa shape index (κ1) is 24.2. The van der Waals surface area contributed by atoms with Crippen molar-refractivity contribution >= 4 is 56.5 Å². The SMILES string of the molecule is Cc1ccccc1COc1ccc(/C(O)=C2\C(=O)C(=O)N(c3nccs3)C2c2ccc(I)cc2)cc1. The highest BCUT2D eigenvalue weighted by molar-refractivity contribution is 14.1. The maximum Gasteiger partial charge on any atom is 0.301 e. The summed E-state index contributed by atoms with van der Waals surface area (Å²) in [6.45, 7) is 2.45. The van der Waals surface area contributed by atoms with Gasteiger partial charge in [0.2, 0.25) is 0 Å². The summed E-state index contributed by atoms with van der Waals surface area (Å²) in [4.78, 5) is 31.9. The molecule has 0 spiro atoms. The summed E-state index contributed by atoms with van der Waals surface area (Å²) in [5.74, 6) is -1.06. The van der Waals surface area contributed by atoms with Gasteiger partial charge in [-0.15, -0.1) is 11.3 Å². The molecule has 6 nitrogen and oxygen atoms in total. The van der Waals surface area contributed by atoms with E-state index in [2.05, 4.69) is 27.6 Å². The van der Waals surface area contributed by atoms with Gasteiger partial charge in [0.1, 0.15) is 18.1 Å². The molecule has 1 saturated heterocycles. The van der Waals surface area contributed by atoms with Crippen molar-refractivity contribution in [1.29, 1.82) is 0 Å². The number of halogens is 1. The fourth-order valence-corrected chi connectivity index (χ4v) is 5.15. The molecule has 3 aromatic carbocycles. The lowest BCUT2D eigenvalue weighted by Crippen LogP contribution is -2.29. The Morgan fingerprint density at radius 1 is 1.06 bits per heavy atom. The van der Waals surface area contributed by atoms with Crippen LogP contribution in [0.3, 0.4) is 0 Å². The number of ether oxygens (including phenoxy) is 1. The fourth-order valence-electron chi connectivity index (χ4n) is 4.12. The fraction of sp³-hybridized carbons (Fsp3) is 0.107. The highest BCUT2D eigenvalue weighted by atomic mass is 127. The molecule has 180 valence electrons. The summed E-state index contributed by atoms with van der Waals surface area (Å²) in [5.41, 5.74) is 3.40.